The van der Waals surface area contributed by atoms with Gasteiger partial charge < -0.3 is 19.5 Å². The molecule has 1 fully saturated rings. The third kappa shape index (κ3) is 4.53. The van der Waals surface area contributed by atoms with Crippen LogP contribution in [0.5, 0.6) is 5.75 Å². The fraction of sp³-hybridized carbons (Fsp3) is 0.333. The van der Waals surface area contributed by atoms with Gasteiger partial charge in [-0.1, -0.05) is 5.16 Å². The second kappa shape index (κ2) is 8.72. The molecule has 1 aromatic carbocycles. The van der Waals surface area contributed by atoms with Crippen molar-refractivity contribution in [2.45, 2.75) is 19.4 Å². The highest BCUT2D eigenvalue weighted by Gasteiger charge is 2.27. The van der Waals surface area contributed by atoms with E-state index in [-0.39, 0.29) is 11.8 Å². The Bertz CT molecular complexity index is 934. The smallest absolute Gasteiger partial charge is 0.324 e. The van der Waals surface area contributed by atoms with Gasteiger partial charge in [-0.3, -0.25) is 9.78 Å². The molecule has 0 radical (unpaired) electrons. The molecule has 0 aliphatic carbocycles. The van der Waals surface area contributed by atoms with E-state index in [4.69, 9.17) is 9.26 Å². The highest BCUT2D eigenvalue weighted by molar-refractivity contribution is 5.78. The number of hydrogen-bond acceptors (Lipinski definition) is 7. The molecule has 1 N–H and O–H groups in total. The van der Waals surface area contributed by atoms with Crippen LogP contribution in [-0.4, -0.2) is 41.2 Å². The third-order valence-electron chi connectivity index (χ3n) is 5.12. The molecule has 29 heavy (non-hydrogen) atoms. The third-order valence-corrected chi connectivity index (χ3v) is 5.12. The molecular weight excluding hydrogens is 370 g/mol. The molecule has 8 heteroatoms. The van der Waals surface area contributed by atoms with Crippen molar-refractivity contribution in [3.8, 4) is 17.1 Å². The fourth-order valence-corrected chi connectivity index (χ4v) is 3.37. The van der Waals surface area contributed by atoms with E-state index in [2.05, 4.69) is 20.4 Å². The largest absolute Gasteiger partial charge is 0.497 e. The number of aromatic nitrogens is 3. The number of amides is 1. The molecule has 0 bridgehead atoms. The number of nitrogens with zero attached hydrogens (tertiary/aromatic N) is 4. The number of pyridine rings is 1. The lowest BCUT2D eigenvalue weighted by molar-refractivity contribution is -0.125. The lowest BCUT2D eigenvalue weighted by atomic mass is 9.96. The van der Waals surface area contributed by atoms with Gasteiger partial charge in [-0.15, -0.1) is 0 Å². The van der Waals surface area contributed by atoms with Crippen LogP contribution in [0, 0.1) is 5.92 Å². The van der Waals surface area contributed by atoms with Crippen molar-refractivity contribution in [1.29, 1.82) is 0 Å². The Morgan fingerprint density at radius 1 is 1.17 bits per heavy atom. The first-order valence-electron chi connectivity index (χ1n) is 9.62. The number of methoxy groups -OCH3 is 1. The van der Waals surface area contributed by atoms with E-state index in [9.17, 15) is 4.79 Å². The summed E-state index contributed by atoms with van der Waals surface area (Å²) in [4.78, 5) is 23.0. The first-order chi connectivity index (χ1) is 14.2. The van der Waals surface area contributed by atoms with Crippen molar-refractivity contribution in [3.63, 3.8) is 0 Å². The summed E-state index contributed by atoms with van der Waals surface area (Å²) in [6, 6.07) is 11.8. The number of benzene rings is 1. The number of piperidine rings is 1. The van der Waals surface area contributed by atoms with Gasteiger partial charge in [0.15, 0.2) is 0 Å². The second-order valence-corrected chi connectivity index (χ2v) is 6.96. The molecule has 150 valence electrons. The van der Waals surface area contributed by atoms with Crippen LogP contribution in [0.3, 0.4) is 0 Å². The van der Waals surface area contributed by atoms with Crippen LogP contribution in [0.1, 0.15) is 18.4 Å². The first kappa shape index (κ1) is 18.9. The number of nitrogens with one attached hydrogen (secondary N) is 1. The lowest BCUT2D eigenvalue weighted by Gasteiger charge is -2.29. The van der Waals surface area contributed by atoms with Crippen molar-refractivity contribution in [2.75, 3.05) is 25.1 Å². The lowest BCUT2D eigenvalue weighted by Crippen LogP contribution is -2.40. The predicted octanol–water partition coefficient (Wildman–Crippen LogP) is 2.67. The zero-order chi connectivity index (χ0) is 20.1. The van der Waals surface area contributed by atoms with Gasteiger partial charge in [-0.05, 0) is 54.8 Å². The van der Waals surface area contributed by atoms with Crippen molar-refractivity contribution in [2.24, 2.45) is 5.92 Å². The van der Waals surface area contributed by atoms with Crippen LogP contribution in [0.4, 0.5) is 6.01 Å². The maximum Gasteiger partial charge on any atom is 0.324 e. The monoisotopic (exact) mass is 393 g/mol. The molecule has 0 unspecified atom stereocenters. The first-order valence-corrected chi connectivity index (χ1v) is 9.62. The Kier molecular flexibility index (Phi) is 5.69. The van der Waals surface area contributed by atoms with Crippen molar-refractivity contribution < 1.29 is 14.1 Å². The molecule has 1 aliphatic heterocycles. The highest BCUT2D eigenvalue weighted by Crippen LogP contribution is 2.25. The number of carbonyl (C=O) groups is 1. The fourth-order valence-electron chi connectivity index (χ4n) is 3.37. The Hall–Kier alpha value is -3.42. The minimum absolute atomic E-state index is 0.00272. The summed E-state index contributed by atoms with van der Waals surface area (Å²) in [6.07, 6.45) is 4.96. The van der Waals surface area contributed by atoms with Crippen molar-refractivity contribution in [3.05, 3.63) is 54.4 Å². The number of rotatable bonds is 6. The average Bonchev–Trinajstić information content (AvgIpc) is 3.29. The molecule has 1 aliphatic rings. The molecule has 1 saturated heterocycles. The normalized spacial score (nSPS) is 14.6. The Morgan fingerprint density at radius 3 is 2.59 bits per heavy atom. The van der Waals surface area contributed by atoms with Gasteiger partial charge in [0.25, 0.3) is 0 Å². The second-order valence-electron chi connectivity index (χ2n) is 6.96. The molecule has 2 aromatic heterocycles. The van der Waals surface area contributed by atoms with Gasteiger partial charge in [-0.2, -0.15) is 4.98 Å². The predicted molar refractivity (Wildman–Crippen MR) is 107 cm³/mol. The summed E-state index contributed by atoms with van der Waals surface area (Å²) in [5.74, 6) is 1.41. The average molecular weight is 393 g/mol. The number of anilines is 1. The maximum atomic E-state index is 12.4. The molecule has 0 saturated carbocycles. The van der Waals surface area contributed by atoms with Gasteiger partial charge in [0.1, 0.15) is 5.75 Å². The quantitative estimate of drug-likeness (QED) is 0.688. The Labute approximate surface area is 168 Å². The van der Waals surface area contributed by atoms with Gasteiger partial charge >= 0.3 is 6.01 Å². The van der Waals surface area contributed by atoms with Crippen LogP contribution in [0.15, 0.2) is 53.3 Å². The molecule has 0 atom stereocenters. The van der Waals surface area contributed by atoms with E-state index in [1.165, 1.54) is 0 Å². The Balaban J connectivity index is 1.30. The van der Waals surface area contributed by atoms with E-state index in [1.807, 2.05) is 41.3 Å². The summed E-state index contributed by atoms with van der Waals surface area (Å²) in [6.45, 7) is 1.94. The molecule has 8 nitrogen and oxygen atoms in total. The molecule has 3 heterocycles. The standard InChI is InChI=1S/C21H23N5O3/c1-28-18-4-2-16(3-5-18)19-24-21(29-25-19)26-12-8-17(9-13-26)20(27)23-14-15-6-10-22-11-7-15/h2-7,10-11,17H,8-9,12-14H2,1H3,(H,23,27). The van der Waals surface area contributed by atoms with E-state index >= 15 is 0 Å². The minimum atomic E-state index is -0.00272. The van der Waals surface area contributed by atoms with E-state index in [0.29, 0.717) is 31.5 Å². The van der Waals surface area contributed by atoms with Gasteiger partial charge in [-0.25, -0.2) is 0 Å². The van der Waals surface area contributed by atoms with E-state index < -0.39 is 0 Å². The molecule has 1 amide bonds. The molecule has 4 rings (SSSR count). The number of ether oxygens (including phenoxy) is 1. The van der Waals surface area contributed by atoms with Crippen molar-refractivity contribution >= 4 is 11.9 Å². The zero-order valence-electron chi connectivity index (χ0n) is 16.2. The highest BCUT2D eigenvalue weighted by atomic mass is 16.5. The summed E-state index contributed by atoms with van der Waals surface area (Å²) in [7, 11) is 1.63. The van der Waals surface area contributed by atoms with E-state index in [0.717, 1.165) is 29.7 Å². The SMILES string of the molecule is COc1ccc(-c2noc(N3CCC(C(=O)NCc4ccncc4)CC3)n2)cc1. The van der Waals surface area contributed by atoms with Gasteiger partial charge in [0.2, 0.25) is 11.7 Å². The topological polar surface area (TPSA) is 93.4 Å². The van der Waals surface area contributed by atoms with Crippen LogP contribution in [-0.2, 0) is 11.3 Å². The summed E-state index contributed by atoms with van der Waals surface area (Å²) >= 11 is 0. The number of hydrogen-bond donors (Lipinski definition) is 1. The summed E-state index contributed by atoms with van der Waals surface area (Å²) in [5, 5.41) is 7.09. The summed E-state index contributed by atoms with van der Waals surface area (Å²) in [5.41, 5.74) is 1.91. The van der Waals surface area contributed by atoms with Crippen LogP contribution in [0.25, 0.3) is 11.4 Å². The summed E-state index contributed by atoms with van der Waals surface area (Å²) < 4.78 is 10.6. The van der Waals surface area contributed by atoms with Gasteiger partial charge in [0.05, 0.1) is 7.11 Å². The van der Waals surface area contributed by atoms with Crippen LogP contribution >= 0.6 is 0 Å². The molecule has 0 spiro atoms. The van der Waals surface area contributed by atoms with Crippen molar-refractivity contribution in [1.82, 2.24) is 20.4 Å². The molecule has 3 aromatic rings. The van der Waals surface area contributed by atoms with Gasteiger partial charge in [0, 0.05) is 43.5 Å². The minimum Gasteiger partial charge on any atom is -0.497 e. The molecular formula is C21H23N5O3. The number of carbonyl (C=O) groups excluding carboxylic acids is 1. The maximum absolute atomic E-state index is 12.4. The van der Waals surface area contributed by atoms with Crippen LogP contribution in [0.2, 0.25) is 0 Å². The Morgan fingerprint density at radius 2 is 1.90 bits per heavy atom. The van der Waals surface area contributed by atoms with E-state index in [1.54, 1.807) is 19.5 Å². The van der Waals surface area contributed by atoms with Crippen LogP contribution < -0.4 is 15.0 Å². The zero-order valence-corrected chi connectivity index (χ0v) is 16.2.